The maximum atomic E-state index is 13.2. The zero-order valence-electron chi connectivity index (χ0n) is 19.0. The molecular formula is C24H31N3O5S. The minimum absolute atomic E-state index is 0.156. The van der Waals surface area contributed by atoms with Gasteiger partial charge in [-0.15, -0.1) is 0 Å². The first kappa shape index (κ1) is 23.5. The van der Waals surface area contributed by atoms with Crippen LogP contribution < -0.4 is 15.0 Å². The van der Waals surface area contributed by atoms with Crippen LogP contribution in [0.2, 0.25) is 0 Å². The Labute approximate surface area is 195 Å². The van der Waals surface area contributed by atoms with Crippen LogP contribution in [0.1, 0.15) is 25.3 Å². The van der Waals surface area contributed by atoms with Crippen molar-refractivity contribution in [3.63, 3.8) is 0 Å². The Kier molecular flexibility index (Phi) is 7.52. The first-order chi connectivity index (χ1) is 16.0. The average molecular weight is 474 g/mol. The quantitative estimate of drug-likeness (QED) is 0.634. The molecule has 2 aliphatic rings. The Morgan fingerprint density at radius 2 is 1.79 bits per heavy atom. The maximum Gasteiger partial charge on any atom is 0.262 e. The Balaban J connectivity index is 1.55. The van der Waals surface area contributed by atoms with Crippen LogP contribution in [0.4, 0.5) is 11.4 Å². The number of hydrogen-bond donors (Lipinski definition) is 1. The molecule has 4 rings (SSSR count). The highest BCUT2D eigenvalue weighted by molar-refractivity contribution is 7.89. The molecule has 8 nitrogen and oxygen atoms in total. The molecule has 178 valence electrons. The summed E-state index contributed by atoms with van der Waals surface area (Å²) in [5.41, 5.74) is 2.35. The molecule has 0 aromatic heterocycles. The van der Waals surface area contributed by atoms with Gasteiger partial charge in [0.25, 0.3) is 5.91 Å². The van der Waals surface area contributed by atoms with E-state index in [1.165, 1.54) is 4.31 Å². The highest BCUT2D eigenvalue weighted by Gasteiger charge is 2.28. The number of aryl methyl sites for hydroxylation is 1. The number of carbonyl (C=O) groups excluding carboxylic acids is 1. The van der Waals surface area contributed by atoms with Crippen LogP contribution in [0.25, 0.3) is 0 Å². The monoisotopic (exact) mass is 473 g/mol. The van der Waals surface area contributed by atoms with Gasteiger partial charge in [0.05, 0.1) is 29.5 Å². The van der Waals surface area contributed by atoms with E-state index < -0.39 is 10.0 Å². The molecule has 2 heterocycles. The Bertz CT molecular complexity index is 1080. The Hall–Kier alpha value is -2.62. The second-order valence-electron chi connectivity index (χ2n) is 8.19. The van der Waals surface area contributed by atoms with Gasteiger partial charge in [0, 0.05) is 26.2 Å². The molecule has 2 saturated heterocycles. The molecule has 9 heteroatoms. The highest BCUT2D eigenvalue weighted by Crippen LogP contribution is 2.32. The summed E-state index contributed by atoms with van der Waals surface area (Å²) in [6.07, 6.45) is 2.94. The smallest absolute Gasteiger partial charge is 0.262 e. The fraction of sp³-hybridized carbons (Fsp3) is 0.458. The molecule has 0 unspecified atom stereocenters. The lowest BCUT2D eigenvalue weighted by Gasteiger charge is -2.27. The number of hydrogen-bond acceptors (Lipinski definition) is 6. The van der Waals surface area contributed by atoms with Crippen LogP contribution in [0.15, 0.2) is 47.4 Å². The first-order valence-electron chi connectivity index (χ1n) is 11.5. The Morgan fingerprint density at radius 3 is 2.52 bits per heavy atom. The molecule has 33 heavy (non-hydrogen) atoms. The third kappa shape index (κ3) is 5.48. The number of amides is 1. The number of benzene rings is 2. The first-order valence-corrected chi connectivity index (χ1v) is 12.9. The fourth-order valence-electron chi connectivity index (χ4n) is 4.21. The van der Waals surface area contributed by atoms with Gasteiger partial charge in [0.1, 0.15) is 5.75 Å². The summed E-state index contributed by atoms with van der Waals surface area (Å²) in [4.78, 5) is 15.1. The van der Waals surface area contributed by atoms with E-state index >= 15 is 0 Å². The molecule has 2 aliphatic heterocycles. The molecule has 1 N–H and O–H groups in total. The minimum Gasteiger partial charge on any atom is -0.483 e. The van der Waals surface area contributed by atoms with Crippen LogP contribution >= 0.6 is 0 Å². The molecular weight excluding hydrogens is 442 g/mol. The molecule has 0 spiro atoms. The second-order valence-corrected chi connectivity index (χ2v) is 10.1. The maximum absolute atomic E-state index is 13.2. The molecule has 2 aromatic rings. The van der Waals surface area contributed by atoms with Gasteiger partial charge in [-0.1, -0.05) is 25.1 Å². The number of morpholine rings is 1. The van der Waals surface area contributed by atoms with Gasteiger partial charge in [-0.25, -0.2) is 8.42 Å². The summed E-state index contributed by atoms with van der Waals surface area (Å²) in [7, 11) is -3.67. The molecule has 0 bridgehead atoms. The SMILES string of the molecule is CCc1ccccc1OCC(=O)Nc1cc(S(=O)(=O)N2CCOCC2)ccc1N1CCCC1. The van der Waals surface area contributed by atoms with E-state index in [9.17, 15) is 13.2 Å². The molecule has 2 aromatic carbocycles. The van der Waals surface area contributed by atoms with Crippen molar-refractivity contribution in [2.24, 2.45) is 0 Å². The van der Waals surface area contributed by atoms with Crippen molar-refractivity contribution in [1.82, 2.24) is 4.31 Å². The number of nitrogens with one attached hydrogen (secondary N) is 1. The molecule has 0 atom stereocenters. The predicted molar refractivity (Wildman–Crippen MR) is 127 cm³/mol. The van der Waals surface area contributed by atoms with Gasteiger partial charge in [0.15, 0.2) is 6.61 Å². The molecule has 0 radical (unpaired) electrons. The number of para-hydroxylation sites is 1. The van der Waals surface area contributed by atoms with Gasteiger partial charge in [-0.2, -0.15) is 4.31 Å². The summed E-state index contributed by atoms with van der Waals surface area (Å²) in [6, 6.07) is 12.6. The number of anilines is 2. The lowest BCUT2D eigenvalue weighted by atomic mass is 10.1. The summed E-state index contributed by atoms with van der Waals surface area (Å²) in [6.45, 7) is 5.03. The molecule has 0 aliphatic carbocycles. The standard InChI is InChI=1S/C24H31N3O5S/c1-2-19-7-3-4-8-23(19)32-18-24(28)25-21-17-20(9-10-22(21)26-11-5-6-12-26)33(29,30)27-13-15-31-16-14-27/h3-4,7-10,17H,2,5-6,11-16,18H2,1H3,(H,25,28). The van der Waals surface area contributed by atoms with Crippen molar-refractivity contribution in [3.05, 3.63) is 48.0 Å². The zero-order chi connectivity index (χ0) is 23.3. The Morgan fingerprint density at radius 1 is 1.06 bits per heavy atom. The van der Waals surface area contributed by atoms with Crippen molar-refractivity contribution in [1.29, 1.82) is 0 Å². The van der Waals surface area contributed by atoms with E-state index in [2.05, 4.69) is 10.2 Å². The van der Waals surface area contributed by atoms with E-state index in [1.54, 1.807) is 18.2 Å². The van der Waals surface area contributed by atoms with Crippen molar-refractivity contribution >= 4 is 27.3 Å². The third-order valence-electron chi connectivity index (χ3n) is 6.01. The van der Waals surface area contributed by atoms with E-state index in [4.69, 9.17) is 9.47 Å². The van der Waals surface area contributed by atoms with Crippen LogP contribution in [0, 0.1) is 0 Å². The number of rotatable bonds is 8. The summed E-state index contributed by atoms with van der Waals surface area (Å²) in [5.74, 6) is 0.348. The number of nitrogens with zero attached hydrogens (tertiary/aromatic N) is 2. The molecule has 1 amide bonds. The zero-order valence-corrected chi connectivity index (χ0v) is 19.8. The predicted octanol–water partition coefficient (Wildman–Crippen LogP) is 2.89. The van der Waals surface area contributed by atoms with Crippen molar-refractivity contribution in [2.75, 3.05) is 56.2 Å². The van der Waals surface area contributed by atoms with E-state index in [1.807, 2.05) is 31.2 Å². The van der Waals surface area contributed by atoms with Crippen LogP contribution in [-0.2, 0) is 26.0 Å². The number of carbonyl (C=O) groups is 1. The van der Waals surface area contributed by atoms with Gasteiger partial charge in [-0.3, -0.25) is 4.79 Å². The van der Waals surface area contributed by atoms with Crippen molar-refractivity contribution in [2.45, 2.75) is 31.1 Å². The van der Waals surface area contributed by atoms with E-state index in [-0.39, 0.29) is 17.4 Å². The van der Waals surface area contributed by atoms with Crippen LogP contribution in [0.3, 0.4) is 0 Å². The van der Waals surface area contributed by atoms with Crippen molar-refractivity contribution < 1.29 is 22.7 Å². The lowest BCUT2D eigenvalue weighted by molar-refractivity contribution is -0.118. The van der Waals surface area contributed by atoms with Crippen LogP contribution in [0.5, 0.6) is 5.75 Å². The molecule has 2 fully saturated rings. The number of sulfonamides is 1. The lowest BCUT2D eigenvalue weighted by Crippen LogP contribution is -2.40. The van der Waals surface area contributed by atoms with Gasteiger partial charge in [-0.05, 0) is 49.1 Å². The minimum atomic E-state index is -3.67. The molecule has 0 saturated carbocycles. The second kappa shape index (κ2) is 10.5. The van der Waals surface area contributed by atoms with E-state index in [0.717, 1.165) is 43.6 Å². The van der Waals surface area contributed by atoms with Gasteiger partial charge >= 0.3 is 0 Å². The topological polar surface area (TPSA) is 88.2 Å². The summed E-state index contributed by atoms with van der Waals surface area (Å²) >= 11 is 0. The van der Waals surface area contributed by atoms with E-state index in [0.29, 0.717) is 37.7 Å². The highest BCUT2D eigenvalue weighted by atomic mass is 32.2. The third-order valence-corrected chi connectivity index (χ3v) is 7.90. The summed E-state index contributed by atoms with van der Waals surface area (Å²) < 4.78 is 38.8. The summed E-state index contributed by atoms with van der Waals surface area (Å²) in [5, 5.41) is 2.90. The largest absolute Gasteiger partial charge is 0.483 e. The normalized spacial score (nSPS) is 17.2. The van der Waals surface area contributed by atoms with Crippen molar-refractivity contribution in [3.8, 4) is 5.75 Å². The average Bonchev–Trinajstić information content (AvgIpc) is 3.38. The van der Waals surface area contributed by atoms with Crippen LogP contribution in [-0.4, -0.2) is 64.6 Å². The number of ether oxygens (including phenoxy) is 2. The van der Waals surface area contributed by atoms with Gasteiger partial charge < -0.3 is 19.7 Å². The fourth-order valence-corrected chi connectivity index (χ4v) is 5.65. The van der Waals surface area contributed by atoms with Gasteiger partial charge in [0.2, 0.25) is 10.0 Å².